The smallest absolute Gasteiger partial charge is 0.293 e. The molecule has 1 aliphatic heterocycles. The third-order valence-electron chi connectivity index (χ3n) is 3.85. The van der Waals surface area contributed by atoms with Gasteiger partial charge in [0.1, 0.15) is 5.75 Å². The molecule has 0 spiro atoms. The van der Waals surface area contributed by atoms with E-state index in [1.807, 2.05) is 32.1 Å². The molecule has 0 saturated carbocycles. The average Bonchev–Trinajstić information content (AvgIpc) is 2.76. The lowest BCUT2D eigenvalue weighted by Gasteiger charge is -2.15. The number of benzene rings is 1. The van der Waals surface area contributed by atoms with Crippen molar-refractivity contribution in [2.75, 3.05) is 13.7 Å². The summed E-state index contributed by atoms with van der Waals surface area (Å²) in [6.07, 6.45) is 2.59. The van der Waals surface area contributed by atoms with Crippen LogP contribution in [0.4, 0.5) is 4.79 Å². The molecule has 124 valence electrons. The first-order chi connectivity index (χ1) is 10.9. The van der Waals surface area contributed by atoms with Gasteiger partial charge in [0.05, 0.1) is 12.0 Å². The number of hydrogen-bond donors (Lipinski definition) is 0. The molecule has 1 heterocycles. The number of aryl methyl sites for hydroxylation is 1. The van der Waals surface area contributed by atoms with Crippen LogP contribution < -0.4 is 4.74 Å². The zero-order chi connectivity index (χ0) is 17.1. The second-order valence-electron chi connectivity index (χ2n) is 5.94. The Morgan fingerprint density at radius 1 is 1.30 bits per heavy atom. The summed E-state index contributed by atoms with van der Waals surface area (Å²) < 4.78 is 5.44. The second-order valence-corrected chi connectivity index (χ2v) is 6.93. The van der Waals surface area contributed by atoms with Crippen LogP contribution in [0.15, 0.2) is 17.0 Å². The maximum absolute atomic E-state index is 12.4. The highest BCUT2D eigenvalue weighted by Crippen LogP contribution is 2.35. The molecule has 0 unspecified atom stereocenters. The first-order valence-electron chi connectivity index (χ1n) is 7.82. The van der Waals surface area contributed by atoms with Crippen molar-refractivity contribution in [2.45, 2.75) is 40.0 Å². The van der Waals surface area contributed by atoms with Crippen LogP contribution >= 0.6 is 11.8 Å². The molecule has 1 fully saturated rings. The summed E-state index contributed by atoms with van der Waals surface area (Å²) in [7, 11) is 1.66. The highest BCUT2D eigenvalue weighted by Gasteiger charge is 2.34. The molecular formula is C18H23NO3S. The summed E-state index contributed by atoms with van der Waals surface area (Å²) in [5.74, 6) is 0.977. The molecule has 2 rings (SSSR count). The van der Waals surface area contributed by atoms with Gasteiger partial charge >= 0.3 is 0 Å². The molecule has 1 aliphatic rings. The van der Waals surface area contributed by atoms with E-state index in [-0.39, 0.29) is 11.1 Å². The Labute approximate surface area is 141 Å². The molecule has 1 saturated heterocycles. The monoisotopic (exact) mass is 333 g/mol. The van der Waals surface area contributed by atoms with Crippen LogP contribution in [0.1, 0.15) is 49.8 Å². The minimum absolute atomic E-state index is 0.182. The molecular weight excluding hydrogens is 310 g/mol. The molecule has 0 aliphatic carbocycles. The van der Waals surface area contributed by atoms with E-state index in [4.69, 9.17) is 4.74 Å². The van der Waals surface area contributed by atoms with Crippen molar-refractivity contribution >= 4 is 29.0 Å². The fraction of sp³-hybridized carbons (Fsp3) is 0.444. The number of hydrogen-bond acceptors (Lipinski definition) is 4. The number of thioether (sulfide) groups is 1. The van der Waals surface area contributed by atoms with Crippen LogP contribution in [0, 0.1) is 6.92 Å². The molecule has 0 N–H and O–H groups in total. The van der Waals surface area contributed by atoms with E-state index in [1.165, 1.54) is 4.90 Å². The van der Waals surface area contributed by atoms with Gasteiger partial charge in [0.15, 0.2) is 0 Å². The minimum atomic E-state index is -0.192. The lowest BCUT2D eigenvalue weighted by Crippen LogP contribution is -2.28. The molecule has 5 heteroatoms. The molecule has 0 aromatic heterocycles. The minimum Gasteiger partial charge on any atom is -0.496 e. The molecule has 0 atom stereocenters. The Morgan fingerprint density at radius 3 is 2.57 bits per heavy atom. The third kappa shape index (κ3) is 3.61. The van der Waals surface area contributed by atoms with Gasteiger partial charge < -0.3 is 4.74 Å². The molecule has 4 nitrogen and oxygen atoms in total. The van der Waals surface area contributed by atoms with Gasteiger partial charge in [-0.3, -0.25) is 14.5 Å². The van der Waals surface area contributed by atoms with Crippen molar-refractivity contribution in [3.05, 3.63) is 33.7 Å². The SMILES string of the molecule is CCCN1C(=O)S/C(=C/c2cc(C(C)C)c(OC)cc2C)C1=O. The van der Waals surface area contributed by atoms with Gasteiger partial charge in [-0.15, -0.1) is 0 Å². The van der Waals surface area contributed by atoms with Crippen LogP contribution in [0.2, 0.25) is 0 Å². The predicted octanol–water partition coefficient (Wildman–Crippen LogP) is 4.57. The largest absolute Gasteiger partial charge is 0.496 e. The van der Waals surface area contributed by atoms with Crippen LogP contribution in [0.25, 0.3) is 6.08 Å². The van der Waals surface area contributed by atoms with Gasteiger partial charge in [0, 0.05) is 6.54 Å². The fourth-order valence-electron chi connectivity index (χ4n) is 2.56. The van der Waals surface area contributed by atoms with E-state index >= 15 is 0 Å². The number of rotatable bonds is 5. The van der Waals surface area contributed by atoms with E-state index in [1.54, 1.807) is 7.11 Å². The van der Waals surface area contributed by atoms with E-state index in [0.29, 0.717) is 17.4 Å². The Morgan fingerprint density at radius 2 is 2.00 bits per heavy atom. The number of carbonyl (C=O) groups is 2. The lowest BCUT2D eigenvalue weighted by molar-refractivity contribution is -0.122. The highest BCUT2D eigenvalue weighted by molar-refractivity contribution is 8.18. The highest BCUT2D eigenvalue weighted by atomic mass is 32.2. The average molecular weight is 333 g/mol. The van der Waals surface area contributed by atoms with Gasteiger partial charge in [-0.1, -0.05) is 20.8 Å². The number of methoxy groups -OCH3 is 1. The lowest BCUT2D eigenvalue weighted by atomic mass is 9.96. The van der Waals surface area contributed by atoms with Gasteiger partial charge in [-0.25, -0.2) is 0 Å². The summed E-state index contributed by atoms with van der Waals surface area (Å²) in [5.41, 5.74) is 3.07. The topological polar surface area (TPSA) is 46.6 Å². The van der Waals surface area contributed by atoms with Gasteiger partial charge in [0.2, 0.25) is 0 Å². The van der Waals surface area contributed by atoms with Gasteiger partial charge in [-0.2, -0.15) is 0 Å². The first-order valence-corrected chi connectivity index (χ1v) is 8.64. The van der Waals surface area contributed by atoms with Gasteiger partial charge in [0.25, 0.3) is 11.1 Å². The van der Waals surface area contributed by atoms with Crippen molar-refractivity contribution in [3.8, 4) is 5.75 Å². The third-order valence-corrected chi connectivity index (χ3v) is 4.76. The van der Waals surface area contributed by atoms with E-state index in [2.05, 4.69) is 13.8 Å². The van der Waals surface area contributed by atoms with E-state index in [9.17, 15) is 9.59 Å². The van der Waals surface area contributed by atoms with Crippen molar-refractivity contribution in [3.63, 3.8) is 0 Å². The molecule has 0 radical (unpaired) electrons. The van der Waals surface area contributed by atoms with Crippen molar-refractivity contribution in [1.29, 1.82) is 0 Å². The molecule has 0 bridgehead atoms. The number of amides is 2. The van der Waals surface area contributed by atoms with E-state index in [0.717, 1.165) is 40.6 Å². The van der Waals surface area contributed by atoms with E-state index < -0.39 is 0 Å². The quantitative estimate of drug-likeness (QED) is 0.740. The zero-order valence-corrected chi connectivity index (χ0v) is 15.1. The first kappa shape index (κ1) is 17.6. The Kier molecular flexibility index (Phi) is 5.52. The van der Waals surface area contributed by atoms with Crippen molar-refractivity contribution in [2.24, 2.45) is 0 Å². The number of nitrogens with zero attached hydrogens (tertiary/aromatic N) is 1. The van der Waals surface area contributed by atoms with Gasteiger partial charge in [-0.05, 0) is 65.9 Å². The Balaban J connectivity index is 2.41. The van der Waals surface area contributed by atoms with Crippen LogP contribution in [-0.2, 0) is 4.79 Å². The Bertz CT molecular complexity index is 664. The molecule has 1 aromatic rings. The number of imide groups is 1. The maximum atomic E-state index is 12.4. The summed E-state index contributed by atoms with van der Waals surface area (Å²) >= 11 is 1.02. The summed E-state index contributed by atoms with van der Waals surface area (Å²) in [6, 6.07) is 4.03. The standard InChI is InChI=1S/C18H23NO3S/c1-6-7-19-17(20)16(23-18(19)21)10-13-9-14(11(2)3)15(22-5)8-12(13)4/h8-11H,6-7H2,1-5H3/b16-10+. The number of carbonyl (C=O) groups excluding carboxylic acids is 2. The summed E-state index contributed by atoms with van der Waals surface area (Å²) in [6.45, 7) is 8.61. The second kappa shape index (κ2) is 7.21. The molecule has 23 heavy (non-hydrogen) atoms. The van der Waals surface area contributed by atoms with Crippen LogP contribution in [-0.4, -0.2) is 29.7 Å². The summed E-state index contributed by atoms with van der Waals surface area (Å²) in [5, 5.41) is -0.182. The molecule has 1 aromatic carbocycles. The van der Waals surface area contributed by atoms with Crippen LogP contribution in [0.3, 0.4) is 0 Å². The number of ether oxygens (including phenoxy) is 1. The van der Waals surface area contributed by atoms with Crippen LogP contribution in [0.5, 0.6) is 5.75 Å². The van der Waals surface area contributed by atoms with Crippen molar-refractivity contribution in [1.82, 2.24) is 4.90 Å². The Hall–Kier alpha value is -1.75. The normalized spacial score (nSPS) is 16.8. The summed E-state index contributed by atoms with van der Waals surface area (Å²) in [4.78, 5) is 26.1. The predicted molar refractivity (Wildman–Crippen MR) is 94.8 cm³/mol. The maximum Gasteiger partial charge on any atom is 0.293 e. The van der Waals surface area contributed by atoms with Crippen molar-refractivity contribution < 1.29 is 14.3 Å². The fourth-order valence-corrected chi connectivity index (χ4v) is 3.41. The molecule has 2 amide bonds. The zero-order valence-electron chi connectivity index (χ0n) is 14.3.